The summed E-state index contributed by atoms with van der Waals surface area (Å²) in [5.41, 5.74) is 3.69. The van der Waals surface area contributed by atoms with Crippen molar-refractivity contribution in [1.82, 2.24) is 0 Å². The van der Waals surface area contributed by atoms with Crippen molar-refractivity contribution in [3.8, 4) is 69.3 Å². The predicted octanol–water partition coefficient (Wildman–Crippen LogP) is 9.43. The highest BCUT2D eigenvalue weighted by Crippen LogP contribution is 2.31. The number of phenols is 2. The quantitative estimate of drug-likeness (QED) is 0.192. The van der Waals surface area contributed by atoms with Crippen LogP contribution in [0.4, 0.5) is 8.78 Å². The van der Waals surface area contributed by atoms with E-state index in [-0.39, 0.29) is 23.1 Å². The highest BCUT2D eigenvalue weighted by molar-refractivity contribution is 5.67. The average molecular weight is 607 g/mol. The van der Waals surface area contributed by atoms with Crippen molar-refractivity contribution in [3.05, 3.63) is 167 Å². The Morgan fingerprint density at radius 1 is 0.413 bits per heavy atom. The molecule has 0 saturated heterocycles. The number of hydrogen-bond acceptors (Lipinski definition) is 4. The maximum Gasteiger partial charge on any atom is 0.132 e. The second-order valence-corrected chi connectivity index (χ2v) is 10.2. The van der Waals surface area contributed by atoms with E-state index >= 15 is 0 Å². The average Bonchev–Trinajstić information content (AvgIpc) is 3.06. The first-order valence-electron chi connectivity index (χ1n) is 14.1. The van der Waals surface area contributed by atoms with E-state index in [1.807, 2.05) is 12.1 Å². The first-order chi connectivity index (χ1) is 22.4. The summed E-state index contributed by atoms with van der Waals surface area (Å²) >= 11 is 0. The van der Waals surface area contributed by atoms with E-state index in [4.69, 9.17) is 9.47 Å². The van der Waals surface area contributed by atoms with Crippen LogP contribution in [0.15, 0.2) is 133 Å². The van der Waals surface area contributed by atoms with Gasteiger partial charge in [-0.25, -0.2) is 8.78 Å². The molecule has 0 spiro atoms. The predicted molar refractivity (Wildman–Crippen MR) is 173 cm³/mol. The fraction of sp³-hybridized carbons (Fsp3) is 0. The van der Waals surface area contributed by atoms with E-state index in [9.17, 15) is 19.0 Å². The molecule has 0 amide bonds. The maximum atomic E-state index is 14.8. The summed E-state index contributed by atoms with van der Waals surface area (Å²) in [7, 11) is 0. The van der Waals surface area contributed by atoms with E-state index < -0.39 is 0 Å². The molecule has 0 aliphatic rings. The lowest BCUT2D eigenvalue weighted by Crippen LogP contribution is -1.90. The second-order valence-electron chi connectivity index (χ2n) is 10.2. The first kappa shape index (κ1) is 29.6. The Morgan fingerprint density at radius 2 is 0.870 bits per heavy atom. The third-order valence-corrected chi connectivity index (χ3v) is 6.73. The van der Waals surface area contributed by atoms with Crippen LogP contribution in [0.3, 0.4) is 0 Å². The van der Waals surface area contributed by atoms with Crippen LogP contribution in [-0.2, 0) is 0 Å². The van der Waals surface area contributed by atoms with Gasteiger partial charge in [0.2, 0.25) is 0 Å². The van der Waals surface area contributed by atoms with Gasteiger partial charge in [0.05, 0.1) is 0 Å². The standard InChI is InChI=1S/C40H24F2O4/c41-32-12-7-28(8-13-32)1-3-29-9-22-40(42)39(25-29)31-10-5-27(6-11-31)2-4-30-23-37(45-35-18-14-33(43)15-19-35)26-38(24-30)46-36-20-16-34(44)17-21-36/h5-26,43-44H. The van der Waals surface area contributed by atoms with Crippen molar-refractivity contribution >= 4 is 0 Å². The Morgan fingerprint density at radius 3 is 1.41 bits per heavy atom. The van der Waals surface area contributed by atoms with Gasteiger partial charge in [0.1, 0.15) is 46.1 Å². The lowest BCUT2D eigenvalue weighted by Gasteiger charge is -2.11. The topological polar surface area (TPSA) is 58.9 Å². The molecule has 0 aliphatic heterocycles. The number of halogens is 2. The molecule has 0 heterocycles. The molecule has 0 atom stereocenters. The zero-order chi connectivity index (χ0) is 31.9. The van der Waals surface area contributed by atoms with Crippen molar-refractivity contribution in [2.24, 2.45) is 0 Å². The summed E-state index contributed by atoms with van der Waals surface area (Å²) in [4.78, 5) is 0. The van der Waals surface area contributed by atoms with E-state index in [1.54, 1.807) is 78.9 Å². The summed E-state index contributed by atoms with van der Waals surface area (Å²) in [5, 5.41) is 19.2. The summed E-state index contributed by atoms with van der Waals surface area (Å²) in [5.74, 6) is 13.8. The Kier molecular flexibility index (Phi) is 8.63. The fourth-order valence-electron chi connectivity index (χ4n) is 4.44. The molecular weight excluding hydrogens is 582 g/mol. The van der Waals surface area contributed by atoms with Crippen molar-refractivity contribution < 1.29 is 28.5 Å². The largest absolute Gasteiger partial charge is 0.508 e. The zero-order valence-corrected chi connectivity index (χ0v) is 24.2. The number of phenolic OH excluding ortho intramolecular Hbond substituents is 2. The number of aromatic hydroxyl groups is 2. The molecule has 222 valence electrons. The molecule has 6 aromatic carbocycles. The van der Waals surface area contributed by atoms with Gasteiger partial charge in [0, 0.05) is 33.9 Å². The van der Waals surface area contributed by atoms with Crippen LogP contribution in [0.2, 0.25) is 0 Å². The molecule has 6 rings (SSSR count). The highest BCUT2D eigenvalue weighted by Gasteiger charge is 2.08. The minimum absolute atomic E-state index is 0.125. The van der Waals surface area contributed by atoms with Crippen LogP contribution >= 0.6 is 0 Å². The molecule has 0 aromatic heterocycles. The van der Waals surface area contributed by atoms with Gasteiger partial charge in [0.25, 0.3) is 0 Å². The van der Waals surface area contributed by atoms with Crippen LogP contribution in [-0.4, -0.2) is 10.2 Å². The third-order valence-electron chi connectivity index (χ3n) is 6.73. The summed E-state index contributed by atoms with van der Waals surface area (Å²) in [6, 6.07) is 35.7. The van der Waals surface area contributed by atoms with Gasteiger partial charge in [0.15, 0.2) is 0 Å². The summed E-state index contributed by atoms with van der Waals surface area (Å²) in [6.45, 7) is 0. The lowest BCUT2D eigenvalue weighted by atomic mass is 10.0. The lowest BCUT2D eigenvalue weighted by molar-refractivity contribution is 0.452. The second kappa shape index (κ2) is 13.4. The normalized spacial score (nSPS) is 10.2. The Balaban J connectivity index is 1.24. The van der Waals surface area contributed by atoms with Crippen LogP contribution in [0.5, 0.6) is 34.5 Å². The summed E-state index contributed by atoms with van der Waals surface area (Å²) in [6.07, 6.45) is 0. The molecule has 4 nitrogen and oxygen atoms in total. The Hall–Kier alpha value is -6.50. The van der Waals surface area contributed by atoms with Crippen molar-refractivity contribution in [2.45, 2.75) is 0 Å². The number of rotatable bonds is 5. The fourth-order valence-corrected chi connectivity index (χ4v) is 4.44. The van der Waals surface area contributed by atoms with Crippen LogP contribution in [0, 0.1) is 35.3 Å². The smallest absolute Gasteiger partial charge is 0.132 e. The zero-order valence-electron chi connectivity index (χ0n) is 24.2. The molecule has 0 fully saturated rings. The van der Waals surface area contributed by atoms with Gasteiger partial charge in [-0.15, -0.1) is 0 Å². The maximum absolute atomic E-state index is 14.8. The van der Waals surface area contributed by atoms with E-state index in [2.05, 4.69) is 23.7 Å². The van der Waals surface area contributed by atoms with E-state index in [0.717, 1.165) is 0 Å². The van der Waals surface area contributed by atoms with Gasteiger partial charge in [-0.1, -0.05) is 35.8 Å². The van der Waals surface area contributed by atoms with Gasteiger partial charge in [-0.3, -0.25) is 0 Å². The Labute approximate surface area is 264 Å². The van der Waals surface area contributed by atoms with E-state index in [1.165, 1.54) is 42.5 Å². The van der Waals surface area contributed by atoms with Crippen molar-refractivity contribution in [3.63, 3.8) is 0 Å². The van der Waals surface area contributed by atoms with Gasteiger partial charge in [-0.2, -0.15) is 0 Å². The molecule has 0 unspecified atom stereocenters. The molecule has 46 heavy (non-hydrogen) atoms. The van der Waals surface area contributed by atoms with Crippen LogP contribution in [0.25, 0.3) is 11.1 Å². The Bertz CT molecular complexity index is 2050. The number of hydrogen-bond donors (Lipinski definition) is 2. The highest BCUT2D eigenvalue weighted by atomic mass is 19.1. The van der Waals surface area contributed by atoms with Gasteiger partial charge < -0.3 is 19.7 Å². The number of ether oxygens (including phenoxy) is 2. The minimum atomic E-state index is -0.377. The van der Waals surface area contributed by atoms with E-state index in [0.29, 0.717) is 56.4 Å². The molecular formula is C40H24F2O4. The minimum Gasteiger partial charge on any atom is -0.508 e. The number of benzene rings is 6. The molecule has 6 heteroatoms. The first-order valence-corrected chi connectivity index (χ1v) is 14.1. The van der Waals surface area contributed by atoms with Crippen molar-refractivity contribution in [2.75, 3.05) is 0 Å². The van der Waals surface area contributed by atoms with Crippen molar-refractivity contribution in [1.29, 1.82) is 0 Å². The summed E-state index contributed by atoms with van der Waals surface area (Å²) < 4.78 is 40.0. The van der Waals surface area contributed by atoms with Crippen LogP contribution < -0.4 is 9.47 Å². The van der Waals surface area contributed by atoms with Gasteiger partial charge in [-0.05, 0) is 121 Å². The van der Waals surface area contributed by atoms with Crippen LogP contribution in [0.1, 0.15) is 22.3 Å². The molecule has 6 aromatic rings. The molecule has 0 bridgehead atoms. The molecule has 0 saturated carbocycles. The third kappa shape index (κ3) is 7.71. The monoisotopic (exact) mass is 606 g/mol. The molecule has 0 aliphatic carbocycles. The SMILES string of the molecule is Oc1ccc(Oc2cc(C#Cc3ccc(-c4cc(C#Cc5ccc(F)cc5)ccc4F)cc3)cc(Oc3ccc(O)cc3)c2)cc1. The molecule has 2 N–H and O–H groups in total. The molecule has 0 radical (unpaired) electrons. The van der Waals surface area contributed by atoms with Gasteiger partial charge >= 0.3 is 0 Å².